The number of esters is 1. The zero-order valence-electron chi connectivity index (χ0n) is 18.4. The quantitative estimate of drug-likeness (QED) is 0.591. The van der Waals surface area contributed by atoms with E-state index < -0.39 is 0 Å². The van der Waals surface area contributed by atoms with Crippen LogP contribution in [0.5, 0.6) is 5.75 Å². The fraction of sp³-hybridized carbons (Fsp3) is 0.385. The molecule has 3 unspecified atom stereocenters. The van der Waals surface area contributed by atoms with Gasteiger partial charge in [-0.2, -0.15) is 0 Å². The summed E-state index contributed by atoms with van der Waals surface area (Å²) in [6.07, 6.45) is 4.37. The van der Waals surface area contributed by atoms with Gasteiger partial charge in [0.15, 0.2) is 0 Å². The molecule has 0 spiro atoms. The normalized spacial score (nSPS) is 22.4. The lowest BCUT2D eigenvalue weighted by atomic mass is 9.80. The van der Waals surface area contributed by atoms with E-state index in [-0.39, 0.29) is 35.6 Å². The molecule has 0 bridgehead atoms. The van der Waals surface area contributed by atoms with E-state index in [0.29, 0.717) is 30.8 Å². The van der Waals surface area contributed by atoms with Crippen LogP contribution in [0.3, 0.4) is 0 Å². The van der Waals surface area contributed by atoms with Crippen LogP contribution in [0, 0.1) is 5.92 Å². The van der Waals surface area contributed by atoms with Gasteiger partial charge in [0.2, 0.25) is 11.5 Å². The molecular weight excluding hydrogens is 408 g/mol. The first-order chi connectivity index (χ1) is 15.6. The fourth-order valence-electron chi connectivity index (χ4n) is 4.15. The standard InChI is InChI=1S/C26H28O6/c1-3-17-6-10-20(11-7-17)32-24-16-31-23-14-21(12-13-22(23)25(24)27)30-15-18-4-8-19(9-5-18)26(28)29-2/h4-11,16,21-23H,3,12-15H2,1-2H3. The molecule has 6 heteroatoms. The number of hydrogen-bond donors (Lipinski definition) is 0. The van der Waals surface area contributed by atoms with E-state index >= 15 is 0 Å². The zero-order valence-corrected chi connectivity index (χ0v) is 18.4. The highest BCUT2D eigenvalue weighted by molar-refractivity contribution is 5.96. The fourth-order valence-corrected chi connectivity index (χ4v) is 4.15. The second kappa shape index (κ2) is 10.0. The number of ether oxygens (including phenoxy) is 4. The summed E-state index contributed by atoms with van der Waals surface area (Å²) >= 11 is 0. The van der Waals surface area contributed by atoms with Crippen LogP contribution in [-0.4, -0.2) is 31.1 Å². The molecule has 0 radical (unpaired) electrons. The van der Waals surface area contributed by atoms with Crippen molar-refractivity contribution in [1.29, 1.82) is 0 Å². The minimum absolute atomic E-state index is 0.00216. The summed E-state index contributed by atoms with van der Waals surface area (Å²) in [7, 11) is 1.36. The number of methoxy groups -OCH3 is 1. The predicted molar refractivity (Wildman–Crippen MR) is 118 cm³/mol. The first-order valence-corrected chi connectivity index (χ1v) is 11.0. The van der Waals surface area contributed by atoms with Crippen molar-refractivity contribution in [3.63, 3.8) is 0 Å². The highest BCUT2D eigenvalue weighted by Gasteiger charge is 2.41. The second-order valence-corrected chi connectivity index (χ2v) is 8.16. The number of aryl methyl sites for hydroxylation is 1. The van der Waals surface area contributed by atoms with Gasteiger partial charge in [0.25, 0.3) is 0 Å². The number of carbonyl (C=O) groups is 2. The van der Waals surface area contributed by atoms with Gasteiger partial charge in [-0.3, -0.25) is 4.79 Å². The molecule has 1 saturated carbocycles. The molecule has 4 rings (SSSR count). The lowest BCUT2D eigenvalue weighted by molar-refractivity contribution is -0.134. The molecule has 0 aromatic heterocycles. The number of ketones is 1. The van der Waals surface area contributed by atoms with Crippen LogP contribution in [0.1, 0.15) is 47.7 Å². The molecule has 2 aromatic carbocycles. The summed E-state index contributed by atoms with van der Waals surface area (Å²) < 4.78 is 22.5. The van der Waals surface area contributed by atoms with E-state index in [1.165, 1.54) is 18.9 Å². The van der Waals surface area contributed by atoms with Crippen LogP contribution in [0.4, 0.5) is 0 Å². The number of allylic oxidation sites excluding steroid dienone is 1. The molecule has 2 aromatic rings. The van der Waals surface area contributed by atoms with Crippen molar-refractivity contribution < 1.29 is 28.5 Å². The van der Waals surface area contributed by atoms with Gasteiger partial charge in [0.05, 0.1) is 31.3 Å². The molecule has 0 amide bonds. The van der Waals surface area contributed by atoms with E-state index in [0.717, 1.165) is 18.4 Å². The Balaban J connectivity index is 1.30. The summed E-state index contributed by atoms with van der Waals surface area (Å²) in [5.41, 5.74) is 2.71. The maximum absolute atomic E-state index is 12.9. The Kier molecular flexibility index (Phi) is 6.90. The lowest BCUT2D eigenvalue weighted by Crippen LogP contribution is -2.42. The molecule has 0 saturated heterocycles. The molecule has 6 nitrogen and oxygen atoms in total. The topological polar surface area (TPSA) is 71.1 Å². The van der Waals surface area contributed by atoms with Crippen molar-refractivity contribution in [1.82, 2.24) is 0 Å². The first kappa shape index (κ1) is 22.1. The summed E-state index contributed by atoms with van der Waals surface area (Å²) in [6, 6.07) is 14.9. The van der Waals surface area contributed by atoms with Gasteiger partial charge in [0.1, 0.15) is 18.1 Å². The largest absolute Gasteiger partial charge is 0.493 e. The number of fused-ring (bicyclic) bond motifs is 1. The first-order valence-electron chi connectivity index (χ1n) is 11.0. The molecule has 32 heavy (non-hydrogen) atoms. The Morgan fingerprint density at radius 3 is 2.44 bits per heavy atom. The third kappa shape index (κ3) is 5.02. The van der Waals surface area contributed by atoms with Crippen LogP contribution >= 0.6 is 0 Å². The van der Waals surface area contributed by atoms with E-state index in [2.05, 4.69) is 6.92 Å². The Morgan fingerprint density at radius 2 is 1.75 bits per heavy atom. The van der Waals surface area contributed by atoms with Crippen molar-refractivity contribution in [2.24, 2.45) is 5.92 Å². The molecule has 0 N–H and O–H groups in total. The van der Waals surface area contributed by atoms with Crippen molar-refractivity contribution in [2.75, 3.05) is 7.11 Å². The van der Waals surface area contributed by atoms with Crippen LogP contribution in [-0.2, 0) is 32.0 Å². The third-order valence-electron chi connectivity index (χ3n) is 6.09. The maximum atomic E-state index is 12.9. The number of Topliss-reactive ketones (excluding diaryl/α,β-unsaturated/α-hetero) is 1. The van der Waals surface area contributed by atoms with Gasteiger partial charge in [-0.1, -0.05) is 31.2 Å². The Hall–Kier alpha value is -3.12. The average molecular weight is 437 g/mol. The van der Waals surface area contributed by atoms with E-state index in [1.807, 2.05) is 36.4 Å². The van der Waals surface area contributed by atoms with Gasteiger partial charge in [-0.15, -0.1) is 0 Å². The van der Waals surface area contributed by atoms with E-state index in [4.69, 9.17) is 18.9 Å². The van der Waals surface area contributed by atoms with E-state index in [1.54, 1.807) is 12.1 Å². The Morgan fingerprint density at radius 1 is 1.03 bits per heavy atom. The smallest absolute Gasteiger partial charge is 0.337 e. The summed E-state index contributed by atoms with van der Waals surface area (Å²) in [5, 5.41) is 0. The molecular formula is C26H28O6. The predicted octanol–water partition coefficient (Wildman–Crippen LogP) is 4.61. The number of hydrogen-bond acceptors (Lipinski definition) is 6. The van der Waals surface area contributed by atoms with E-state index in [9.17, 15) is 9.59 Å². The number of benzene rings is 2. The van der Waals surface area contributed by atoms with Crippen molar-refractivity contribution in [3.05, 3.63) is 77.2 Å². The minimum atomic E-state index is -0.357. The van der Waals surface area contributed by atoms with Crippen molar-refractivity contribution in [2.45, 2.75) is 51.4 Å². The molecule has 3 atom stereocenters. The number of carbonyl (C=O) groups excluding carboxylic acids is 2. The SMILES string of the molecule is CCc1ccc(OC2=COC3CC(OCc4ccc(C(=O)OC)cc4)CCC3C2=O)cc1. The van der Waals surface area contributed by atoms with Gasteiger partial charge in [-0.05, 0) is 54.7 Å². The summed E-state index contributed by atoms with van der Waals surface area (Å²) in [4.78, 5) is 24.5. The van der Waals surface area contributed by atoms with Crippen molar-refractivity contribution in [3.8, 4) is 5.75 Å². The molecule has 1 aliphatic heterocycles. The van der Waals surface area contributed by atoms with Crippen molar-refractivity contribution >= 4 is 11.8 Å². The summed E-state index contributed by atoms with van der Waals surface area (Å²) in [5.74, 6) is 0.339. The summed E-state index contributed by atoms with van der Waals surface area (Å²) in [6.45, 7) is 2.53. The van der Waals surface area contributed by atoms with Crippen LogP contribution in [0.25, 0.3) is 0 Å². The minimum Gasteiger partial charge on any atom is -0.493 e. The van der Waals surface area contributed by atoms with Crippen LogP contribution < -0.4 is 4.74 Å². The molecule has 2 aliphatic rings. The van der Waals surface area contributed by atoms with Crippen LogP contribution in [0.2, 0.25) is 0 Å². The third-order valence-corrected chi connectivity index (χ3v) is 6.09. The molecule has 1 fully saturated rings. The Bertz CT molecular complexity index is 976. The maximum Gasteiger partial charge on any atom is 0.337 e. The molecule has 168 valence electrons. The monoisotopic (exact) mass is 436 g/mol. The molecule has 1 aliphatic carbocycles. The van der Waals surface area contributed by atoms with Gasteiger partial charge >= 0.3 is 5.97 Å². The van der Waals surface area contributed by atoms with Gasteiger partial charge < -0.3 is 18.9 Å². The highest BCUT2D eigenvalue weighted by atomic mass is 16.5. The average Bonchev–Trinajstić information content (AvgIpc) is 2.84. The lowest BCUT2D eigenvalue weighted by Gasteiger charge is -2.37. The van der Waals surface area contributed by atoms with Gasteiger partial charge in [-0.25, -0.2) is 4.79 Å². The highest BCUT2D eigenvalue weighted by Crippen LogP contribution is 2.35. The molecule has 1 heterocycles. The zero-order chi connectivity index (χ0) is 22.5. The Labute approximate surface area is 188 Å². The number of rotatable bonds is 7. The van der Waals surface area contributed by atoms with Gasteiger partial charge in [0, 0.05) is 6.42 Å². The van der Waals surface area contributed by atoms with Crippen LogP contribution in [0.15, 0.2) is 60.6 Å². The second-order valence-electron chi connectivity index (χ2n) is 8.16.